The number of fused-ring (bicyclic) bond motifs is 1. The summed E-state index contributed by atoms with van der Waals surface area (Å²) in [5.74, 6) is 0.971. The van der Waals surface area contributed by atoms with Crippen molar-refractivity contribution in [3.63, 3.8) is 0 Å². The largest absolute Gasteiger partial charge is 0.392 e. The molecule has 4 heteroatoms. The van der Waals surface area contributed by atoms with Gasteiger partial charge in [0.05, 0.1) is 18.8 Å². The first-order valence-electron chi connectivity index (χ1n) is 12.2. The number of hydrogen-bond acceptors (Lipinski definition) is 4. The van der Waals surface area contributed by atoms with Crippen molar-refractivity contribution in [1.82, 2.24) is 4.90 Å². The van der Waals surface area contributed by atoms with Crippen LogP contribution in [-0.4, -0.2) is 59.7 Å². The highest BCUT2D eigenvalue weighted by atomic mass is 16.5. The molecule has 3 rings (SSSR count). The van der Waals surface area contributed by atoms with Crippen molar-refractivity contribution in [1.29, 1.82) is 0 Å². The maximum absolute atomic E-state index is 10.6. The zero-order valence-electron chi connectivity index (χ0n) is 20.6. The summed E-state index contributed by atoms with van der Waals surface area (Å²) in [6.07, 6.45) is 8.90. The number of aliphatic hydroxyl groups excluding tert-OH is 2. The van der Waals surface area contributed by atoms with Crippen molar-refractivity contribution >= 4 is 0 Å². The normalized spacial score (nSPS) is 26.7. The molecule has 1 aromatic rings. The second kappa shape index (κ2) is 11.1. The van der Waals surface area contributed by atoms with Crippen molar-refractivity contribution < 1.29 is 14.9 Å². The molecular weight excluding hydrogens is 398 g/mol. The Morgan fingerprint density at radius 1 is 1.28 bits per heavy atom. The average Bonchev–Trinajstić information content (AvgIpc) is 3.21. The van der Waals surface area contributed by atoms with E-state index in [1.807, 2.05) is 12.1 Å². The Hall–Kier alpha value is -1.46. The second-order valence-electron chi connectivity index (χ2n) is 10.9. The molecule has 1 saturated carbocycles. The highest BCUT2D eigenvalue weighted by Gasteiger charge is 2.43. The molecule has 0 heterocycles. The molecule has 0 aromatic heterocycles. The van der Waals surface area contributed by atoms with E-state index in [2.05, 4.69) is 70.0 Å². The topological polar surface area (TPSA) is 52.9 Å². The Balaban J connectivity index is 1.43. The van der Waals surface area contributed by atoms with E-state index in [9.17, 15) is 10.2 Å². The summed E-state index contributed by atoms with van der Waals surface area (Å²) in [4.78, 5) is 2.36. The Morgan fingerprint density at radius 2 is 2.06 bits per heavy atom. The molecule has 2 aliphatic rings. The number of allylic oxidation sites excluding steroid dienone is 1. The van der Waals surface area contributed by atoms with Gasteiger partial charge in [0.25, 0.3) is 0 Å². The first-order chi connectivity index (χ1) is 15.1. The fourth-order valence-corrected chi connectivity index (χ4v) is 5.06. The molecule has 0 amide bonds. The molecule has 2 N–H and O–H groups in total. The van der Waals surface area contributed by atoms with E-state index in [1.165, 1.54) is 11.1 Å². The first kappa shape index (κ1) is 25.2. The van der Waals surface area contributed by atoms with Crippen LogP contribution in [0, 0.1) is 24.7 Å². The van der Waals surface area contributed by atoms with Crippen LogP contribution in [-0.2, 0) is 11.2 Å². The Morgan fingerprint density at radius 3 is 2.78 bits per heavy atom. The van der Waals surface area contributed by atoms with Gasteiger partial charge in [0.15, 0.2) is 0 Å². The van der Waals surface area contributed by atoms with Crippen molar-refractivity contribution in [3.8, 4) is 0 Å². The summed E-state index contributed by atoms with van der Waals surface area (Å²) in [6.45, 7) is 11.3. The van der Waals surface area contributed by atoms with Crippen molar-refractivity contribution in [2.75, 3.05) is 26.8 Å². The smallest absolute Gasteiger partial charge is 0.0761 e. The third-order valence-electron chi connectivity index (χ3n) is 7.25. The standard InChI is InChI=1S/C28H43NO3/c1-20-8-6-9-21(14-20)16-24(30)10-11-25-26-17-22(15-23(26)18-27(25)31)19-32-13-7-12-29(5)28(2,3)4/h6,8-11,14-15,23-27,30-31H,7,12-13,16-19H2,1-5H3/b11-10+/t23-,24+,25+,26-,27+/m0/s1. The Labute approximate surface area is 195 Å². The van der Waals surface area contributed by atoms with Gasteiger partial charge in [-0.2, -0.15) is 0 Å². The van der Waals surface area contributed by atoms with E-state index in [0.717, 1.165) is 38.0 Å². The quantitative estimate of drug-likeness (QED) is 0.414. The molecular formula is C28H43NO3. The maximum Gasteiger partial charge on any atom is 0.0761 e. The Kier molecular flexibility index (Phi) is 8.74. The predicted molar refractivity (Wildman–Crippen MR) is 132 cm³/mol. The summed E-state index contributed by atoms with van der Waals surface area (Å²) < 4.78 is 5.97. The van der Waals surface area contributed by atoms with E-state index in [1.54, 1.807) is 0 Å². The minimum atomic E-state index is -0.522. The highest BCUT2D eigenvalue weighted by Crippen LogP contribution is 2.47. The van der Waals surface area contributed by atoms with E-state index in [4.69, 9.17) is 4.74 Å². The molecule has 0 bridgehead atoms. The van der Waals surface area contributed by atoms with Gasteiger partial charge in [0, 0.05) is 31.0 Å². The van der Waals surface area contributed by atoms with Gasteiger partial charge in [-0.3, -0.25) is 0 Å². The monoisotopic (exact) mass is 441 g/mol. The molecule has 0 aliphatic heterocycles. The molecule has 1 fully saturated rings. The van der Waals surface area contributed by atoms with Crippen molar-refractivity contribution in [2.24, 2.45) is 17.8 Å². The zero-order valence-corrected chi connectivity index (χ0v) is 20.6. The first-order valence-corrected chi connectivity index (χ1v) is 12.2. The van der Waals surface area contributed by atoms with Crippen LogP contribution in [0.1, 0.15) is 51.2 Å². The van der Waals surface area contributed by atoms with Crippen LogP contribution >= 0.6 is 0 Å². The van der Waals surface area contributed by atoms with Gasteiger partial charge in [-0.25, -0.2) is 0 Å². The van der Waals surface area contributed by atoms with Gasteiger partial charge >= 0.3 is 0 Å². The fourth-order valence-electron chi connectivity index (χ4n) is 5.06. The minimum absolute atomic E-state index is 0.112. The van der Waals surface area contributed by atoms with Crippen LogP contribution in [0.3, 0.4) is 0 Å². The van der Waals surface area contributed by atoms with Gasteiger partial charge in [-0.1, -0.05) is 48.1 Å². The van der Waals surface area contributed by atoms with Gasteiger partial charge in [0.2, 0.25) is 0 Å². The highest BCUT2D eigenvalue weighted by molar-refractivity contribution is 5.24. The maximum atomic E-state index is 10.6. The number of aliphatic hydroxyl groups is 2. The minimum Gasteiger partial charge on any atom is -0.392 e. The van der Waals surface area contributed by atoms with Gasteiger partial charge in [-0.15, -0.1) is 0 Å². The van der Waals surface area contributed by atoms with E-state index >= 15 is 0 Å². The summed E-state index contributed by atoms with van der Waals surface area (Å²) in [5.41, 5.74) is 3.92. The lowest BCUT2D eigenvalue weighted by molar-refractivity contribution is 0.116. The fraction of sp³-hybridized carbons (Fsp3) is 0.643. The Bertz CT molecular complexity index is 794. The lowest BCUT2D eigenvalue weighted by Gasteiger charge is -2.31. The summed E-state index contributed by atoms with van der Waals surface area (Å²) in [6, 6.07) is 8.27. The number of hydrogen-bond donors (Lipinski definition) is 2. The lowest BCUT2D eigenvalue weighted by atomic mass is 9.89. The molecule has 178 valence electrons. The van der Waals surface area contributed by atoms with Crippen molar-refractivity contribution in [3.05, 3.63) is 59.2 Å². The van der Waals surface area contributed by atoms with Gasteiger partial charge in [0.1, 0.15) is 0 Å². The van der Waals surface area contributed by atoms with Crippen LogP contribution in [0.5, 0.6) is 0 Å². The molecule has 1 aromatic carbocycles. The van der Waals surface area contributed by atoms with Crippen LogP contribution < -0.4 is 0 Å². The summed E-state index contributed by atoms with van der Waals surface area (Å²) in [7, 11) is 2.16. The predicted octanol–water partition coefficient (Wildman–Crippen LogP) is 4.53. The molecule has 0 saturated heterocycles. The third-order valence-corrected chi connectivity index (χ3v) is 7.25. The van der Waals surface area contributed by atoms with Crippen molar-refractivity contribution in [2.45, 2.75) is 71.1 Å². The number of nitrogens with zero attached hydrogens (tertiary/aromatic N) is 1. The van der Waals surface area contributed by atoms with Crippen LogP contribution in [0.15, 0.2) is 48.1 Å². The lowest BCUT2D eigenvalue weighted by Crippen LogP contribution is -2.38. The molecule has 32 heavy (non-hydrogen) atoms. The number of aryl methyl sites for hydroxylation is 1. The number of benzene rings is 1. The van der Waals surface area contributed by atoms with E-state index in [-0.39, 0.29) is 17.6 Å². The SMILES string of the molecule is Cc1cccc(C[C@H](O)/C=C/[C@@H]2[C@H]3CC(COCCCN(C)C(C)(C)C)=C[C@H]3C[C@H]2O)c1. The van der Waals surface area contributed by atoms with E-state index in [0.29, 0.717) is 24.9 Å². The van der Waals surface area contributed by atoms with Gasteiger partial charge < -0.3 is 19.8 Å². The zero-order chi connectivity index (χ0) is 23.3. The molecule has 0 spiro atoms. The molecule has 0 radical (unpaired) electrons. The number of rotatable bonds is 10. The van der Waals surface area contributed by atoms with Gasteiger partial charge in [-0.05, 0) is 77.0 Å². The second-order valence-corrected chi connectivity index (χ2v) is 10.9. The van der Waals surface area contributed by atoms with Crippen LogP contribution in [0.2, 0.25) is 0 Å². The van der Waals surface area contributed by atoms with E-state index < -0.39 is 6.10 Å². The third kappa shape index (κ3) is 7.02. The molecule has 2 aliphatic carbocycles. The molecule has 0 unspecified atom stereocenters. The summed E-state index contributed by atoms with van der Waals surface area (Å²) >= 11 is 0. The number of ether oxygens (including phenoxy) is 1. The van der Waals surface area contributed by atoms with Crippen LogP contribution in [0.25, 0.3) is 0 Å². The van der Waals surface area contributed by atoms with Crippen LogP contribution in [0.4, 0.5) is 0 Å². The summed E-state index contributed by atoms with van der Waals surface area (Å²) in [5, 5.41) is 21.1. The average molecular weight is 442 g/mol. The molecule has 5 atom stereocenters. The molecule has 4 nitrogen and oxygen atoms in total.